The molecule has 0 fully saturated rings. The molecule has 0 saturated heterocycles. The Morgan fingerprint density at radius 2 is 1.78 bits per heavy atom. The van der Waals surface area contributed by atoms with Crippen LogP contribution in [0.15, 0.2) is 11.6 Å². The van der Waals surface area contributed by atoms with Crippen LogP contribution in [0.5, 0.6) is 0 Å². The molecule has 23 heavy (non-hydrogen) atoms. The summed E-state index contributed by atoms with van der Waals surface area (Å²) in [5.74, 6) is -1.37. The Kier molecular flexibility index (Phi) is 8.00. The minimum atomic E-state index is -1.01. The largest absolute Gasteiger partial charge is 0.478 e. The maximum absolute atomic E-state index is 12.3. The van der Waals surface area contributed by atoms with E-state index in [0.717, 1.165) is 0 Å². The molecule has 0 rings (SSSR count). The van der Waals surface area contributed by atoms with Gasteiger partial charge in [0.15, 0.2) is 0 Å². The van der Waals surface area contributed by atoms with E-state index in [2.05, 4.69) is 5.32 Å². The van der Waals surface area contributed by atoms with Crippen molar-refractivity contribution in [3.8, 4) is 0 Å². The van der Waals surface area contributed by atoms with Gasteiger partial charge in [-0.05, 0) is 19.3 Å². The van der Waals surface area contributed by atoms with Crippen molar-refractivity contribution in [3.63, 3.8) is 0 Å². The van der Waals surface area contributed by atoms with Gasteiger partial charge in [0.05, 0.1) is 12.6 Å². The van der Waals surface area contributed by atoms with E-state index in [1.54, 1.807) is 13.1 Å². The monoisotopic (exact) mass is 326 g/mol. The number of carboxylic acids is 1. The van der Waals surface area contributed by atoms with Crippen LogP contribution in [0.1, 0.15) is 48.0 Å². The summed E-state index contributed by atoms with van der Waals surface area (Å²) in [7, 11) is 1.62. The Morgan fingerprint density at radius 3 is 2.17 bits per heavy atom. The number of hydrogen-bond acceptors (Lipinski definition) is 3. The van der Waals surface area contributed by atoms with Gasteiger partial charge in [0.2, 0.25) is 11.8 Å². The van der Waals surface area contributed by atoms with E-state index in [9.17, 15) is 14.4 Å². The highest BCUT2D eigenvalue weighted by Gasteiger charge is 2.27. The molecule has 0 aromatic rings. The molecular weight excluding hydrogens is 296 g/mol. The lowest BCUT2D eigenvalue weighted by Gasteiger charge is -2.30. The number of amides is 2. The highest BCUT2D eigenvalue weighted by Crippen LogP contribution is 2.19. The van der Waals surface area contributed by atoms with Gasteiger partial charge in [0.1, 0.15) is 0 Å². The fourth-order valence-electron chi connectivity index (χ4n) is 1.93. The van der Waals surface area contributed by atoms with Crippen molar-refractivity contribution in [2.75, 3.05) is 13.6 Å². The standard InChI is InChI=1S/C17H30N2O4/c1-8-17(5,6)16(23)18-10-14(20)19(7)13(11(2)3)9-12(4)15(21)22/h9,11,13H,8,10H2,1-7H3,(H,18,23)(H,21,22)/b12-9+/t13-/m1/s1. The summed E-state index contributed by atoms with van der Waals surface area (Å²) in [5, 5.41) is 11.7. The molecule has 0 saturated carbocycles. The maximum atomic E-state index is 12.3. The highest BCUT2D eigenvalue weighted by atomic mass is 16.4. The first kappa shape index (κ1) is 21.1. The summed E-state index contributed by atoms with van der Waals surface area (Å²) < 4.78 is 0. The zero-order chi connectivity index (χ0) is 18.4. The second-order valence-electron chi connectivity index (χ2n) is 6.81. The van der Waals surface area contributed by atoms with E-state index in [-0.39, 0.29) is 35.9 Å². The molecule has 0 aromatic carbocycles. The number of carbonyl (C=O) groups excluding carboxylic acids is 2. The van der Waals surface area contributed by atoms with Crippen LogP contribution in [-0.4, -0.2) is 47.4 Å². The van der Waals surface area contributed by atoms with E-state index in [0.29, 0.717) is 6.42 Å². The van der Waals surface area contributed by atoms with Crippen molar-refractivity contribution in [1.82, 2.24) is 10.2 Å². The fraction of sp³-hybridized carbons (Fsp3) is 0.706. The van der Waals surface area contributed by atoms with E-state index in [1.165, 1.54) is 11.8 Å². The molecule has 1 atom stereocenters. The average molecular weight is 326 g/mol. The molecule has 0 spiro atoms. The van der Waals surface area contributed by atoms with Gasteiger partial charge in [-0.15, -0.1) is 0 Å². The number of hydrogen-bond donors (Lipinski definition) is 2. The molecule has 0 aliphatic rings. The van der Waals surface area contributed by atoms with Crippen molar-refractivity contribution >= 4 is 17.8 Å². The Morgan fingerprint density at radius 1 is 1.26 bits per heavy atom. The van der Waals surface area contributed by atoms with Gasteiger partial charge in [0.25, 0.3) is 0 Å². The van der Waals surface area contributed by atoms with Gasteiger partial charge < -0.3 is 15.3 Å². The molecular formula is C17H30N2O4. The van der Waals surface area contributed by atoms with Crippen LogP contribution >= 0.6 is 0 Å². The van der Waals surface area contributed by atoms with E-state index >= 15 is 0 Å². The molecule has 0 radical (unpaired) electrons. The Hall–Kier alpha value is -1.85. The minimum absolute atomic E-state index is 0.0565. The first-order chi connectivity index (χ1) is 10.4. The summed E-state index contributed by atoms with van der Waals surface area (Å²) in [6.45, 7) is 10.8. The quantitative estimate of drug-likeness (QED) is 0.668. The number of carbonyl (C=O) groups is 3. The molecule has 132 valence electrons. The minimum Gasteiger partial charge on any atom is -0.478 e. The number of carboxylic acid groups (broad SMARTS) is 1. The van der Waals surface area contributed by atoms with Gasteiger partial charge in [-0.1, -0.05) is 40.7 Å². The van der Waals surface area contributed by atoms with Crippen molar-refractivity contribution < 1.29 is 19.5 Å². The van der Waals surface area contributed by atoms with Crippen LogP contribution in [0, 0.1) is 11.3 Å². The van der Waals surface area contributed by atoms with Crippen LogP contribution in [0.3, 0.4) is 0 Å². The first-order valence-corrected chi connectivity index (χ1v) is 7.89. The highest BCUT2D eigenvalue weighted by molar-refractivity contribution is 5.88. The molecule has 6 heteroatoms. The van der Waals surface area contributed by atoms with Crippen molar-refractivity contribution in [1.29, 1.82) is 0 Å². The summed E-state index contributed by atoms with van der Waals surface area (Å²) in [5.41, 5.74) is -0.324. The smallest absolute Gasteiger partial charge is 0.331 e. The molecule has 2 N–H and O–H groups in total. The topological polar surface area (TPSA) is 86.7 Å². The summed E-state index contributed by atoms with van der Waals surface area (Å²) in [6, 6.07) is -0.338. The van der Waals surface area contributed by atoms with Crippen molar-refractivity contribution in [3.05, 3.63) is 11.6 Å². The van der Waals surface area contributed by atoms with Crippen molar-refractivity contribution in [2.45, 2.75) is 54.0 Å². The van der Waals surface area contributed by atoms with E-state index in [4.69, 9.17) is 5.11 Å². The predicted octanol–water partition coefficient (Wildman–Crippen LogP) is 2.05. The second kappa shape index (κ2) is 8.70. The summed E-state index contributed by atoms with van der Waals surface area (Å²) >= 11 is 0. The third-order valence-corrected chi connectivity index (χ3v) is 4.18. The molecule has 0 heterocycles. The maximum Gasteiger partial charge on any atom is 0.331 e. The van der Waals surface area contributed by atoms with Crippen LogP contribution in [0.4, 0.5) is 0 Å². The lowest BCUT2D eigenvalue weighted by molar-refractivity contribution is -0.136. The first-order valence-electron chi connectivity index (χ1n) is 7.89. The van der Waals surface area contributed by atoms with Gasteiger partial charge in [0, 0.05) is 18.0 Å². The summed E-state index contributed by atoms with van der Waals surface area (Å²) in [6.07, 6.45) is 2.25. The molecule has 0 aliphatic carbocycles. The zero-order valence-electron chi connectivity index (χ0n) is 15.3. The molecule has 0 aromatic heterocycles. The van der Waals surface area contributed by atoms with Crippen LogP contribution in [0.25, 0.3) is 0 Å². The number of aliphatic carboxylic acids is 1. The lowest BCUT2D eigenvalue weighted by Crippen LogP contribution is -2.47. The van der Waals surface area contributed by atoms with Crippen LogP contribution < -0.4 is 5.32 Å². The Bertz CT molecular complexity index is 481. The van der Waals surface area contributed by atoms with Crippen molar-refractivity contribution in [2.24, 2.45) is 11.3 Å². The number of nitrogens with zero attached hydrogens (tertiary/aromatic N) is 1. The Balaban J connectivity index is 4.94. The van der Waals surface area contributed by atoms with Gasteiger partial charge in [-0.25, -0.2) is 4.79 Å². The normalized spacial score (nSPS) is 13.7. The van der Waals surface area contributed by atoms with E-state index < -0.39 is 11.4 Å². The van der Waals surface area contributed by atoms with E-state index in [1.807, 2.05) is 34.6 Å². The number of nitrogens with one attached hydrogen (secondary N) is 1. The van der Waals surface area contributed by atoms with Crippen LogP contribution in [-0.2, 0) is 14.4 Å². The van der Waals surface area contributed by atoms with Crippen LogP contribution in [0.2, 0.25) is 0 Å². The average Bonchev–Trinajstić information content (AvgIpc) is 2.48. The Labute approximate surface area is 138 Å². The summed E-state index contributed by atoms with van der Waals surface area (Å²) in [4.78, 5) is 36.8. The third kappa shape index (κ3) is 6.42. The second-order valence-corrected chi connectivity index (χ2v) is 6.81. The fourth-order valence-corrected chi connectivity index (χ4v) is 1.93. The lowest BCUT2D eigenvalue weighted by atomic mass is 9.89. The molecule has 0 unspecified atom stereocenters. The number of rotatable bonds is 8. The molecule has 6 nitrogen and oxygen atoms in total. The van der Waals surface area contributed by atoms with Gasteiger partial charge >= 0.3 is 5.97 Å². The molecule has 2 amide bonds. The van der Waals surface area contributed by atoms with Gasteiger partial charge in [-0.2, -0.15) is 0 Å². The zero-order valence-corrected chi connectivity index (χ0v) is 15.3. The molecule has 0 bridgehead atoms. The SMILES string of the molecule is CCC(C)(C)C(=O)NCC(=O)N(C)[C@H](/C=C(\C)C(=O)O)C(C)C. The predicted molar refractivity (Wildman–Crippen MR) is 89.9 cm³/mol. The van der Waals surface area contributed by atoms with Gasteiger partial charge in [-0.3, -0.25) is 9.59 Å². The number of likely N-dealkylation sites (N-methyl/N-ethyl adjacent to an activating group) is 1. The third-order valence-electron chi connectivity index (χ3n) is 4.18. The molecule has 0 aliphatic heterocycles.